The molecule has 0 aromatic carbocycles. The number of aromatic nitrogens is 1. The second kappa shape index (κ2) is 3.69. The Bertz CT molecular complexity index is 329. The first-order chi connectivity index (χ1) is 5.65. The van der Waals surface area contributed by atoms with E-state index in [-0.39, 0.29) is 10.7 Å². The summed E-state index contributed by atoms with van der Waals surface area (Å²) in [5.74, 6) is -0.731. The molecule has 1 aromatic rings. The van der Waals surface area contributed by atoms with Gasteiger partial charge in [0, 0.05) is 6.20 Å². The maximum atomic E-state index is 12.9. The highest BCUT2D eigenvalue weighted by Gasteiger charge is 2.09. The van der Waals surface area contributed by atoms with Crippen LogP contribution < -0.4 is 0 Å². The number of hydrogen-bond donors (Lipinski definition) is 1. The van der Waals surface area contributed by atoms with E-state index in [1.807, 2.05) is 0 Å². The minimum atomic E-state index is -0.731. The standard InChI is InChI=1S/C6H3Cl2FN2O/c7-3-1-4(9)5(10-2-3)6(8)11-12/h1-2,12H/b11-6+. The molecule has 6 heteroatoms. The summed E-state index contributed by atoms with van der Waals surface area (Å²) in [5.41, 5.74) is -0.233. The minimum absolute atomic E-state index is 0.152. The number of halogens is 3. The molecule has 1 rings (SSSR count). The summed E-state index contributed by atoms with van der Waals surface area (Å²) in [7, 11) is 0. The Kier molecular flexibility index (Phi) is 2.83. The van der Waals surface area contributed by atoms with Gasteiger partial charge in [-0.05, 0) is 6.07 Å². The molecule has 0 saturated carbocycles. The predicted molar refractivity (Wildman–Crippen MR) is 43.4 cm³/mol. The summed E-state index contributed by atoms with van der Waals surface area (Å²) in [4.78, 5) is 3.52. The zero-order valence-corrected chi connectivity index (χ0v) is 7.14. The van der Waals surface area contributed by atoms with Crippen molar-refractivity contribution in [2.24, 2.45) is 5.16 Å². The highest BCUT2D eigenvalue weighted by Crippen LogP contribution is 2.13. The second-order valence-corrected chi connectivity index (χ2v) is 2.67. The van der Waals surface area contributed by atoms with Gasteiger partial charge in [0.05, 0.1) is 5.02 Å². The highest BCUT2D eigenvalue weighted by molar-refractivity contribution is 6.69. The van der Waals surface area contributed by atoms with Crippen LogP contribution in [0.4, 0.5) is 4.39 Å². The molecule has 64 valence electrons. The van der Waals surface area contributed by atoms with Crippen LogP contribution in [0.1, 0.15) is 5.69 Å². The summed E-state index contributed by atoms with van der Waals surface area (Å²) in [6, 6.07) is 1.03. The van der Waals surface area contributed by atoms with Crippen molar-refractivity contribution in [1.29, 1.82) is 0 Å². The van der Waals surface area contributed by atoms with Gasteiger partial charge >= 0.3 is 0 Å². The maximum absolute atomic E-state index is 12.9. The lowest BCUT2D eigenvalue weighted by Crippen LogP contribution is -1.99. The summed E-state index contributed by atoms with van der Waals surface area (Å²) in [6.07, 6.45) is 1.20. The van der Waals surface area contributed by atoms with Crippen LogP contribution in [-0.4, -0.2) is 15.4 Å². The Morgan fingerprint density at radius 1 is 1.67 bits per heavy atom. The summed E-state index contributed by atoms with van der Waals surface area (Å²) < 4.78 is 12.9. The molecule has 0 unspecified atom stereocenters. The van der Waals surface area contributed by atoms with Crippen molar-refractivity contribution in [1.82, 2.24) is 4.98 Å². The van der Waals surface area contributed by atoms with E-state index in [4.69, 9.17) is 28.4 Å². The lowest BCUT2D eigenvalue weighted by Gasteiger charge is -1.97. The first-order valence-electron chi connectivity index (χ1n) is 2.84. The number of hydrogen-bond acceptors (Lipinski definition) is 3. The third kappa shape index (κ3) is 1.84. The van der Waals surface area contributed by atoms with Crippen molar-refractivity contribution in [3.8, 4) is 0 Å². The SMILES string of the molecule is O/N=C(/Cl)c1ncc(Cl)cc1F. The van der Waals surface area contributed by atoms with Gasteiger partial charge in [0.25, 0.3) is 0 Å². The normalized spacial score (nSPS) is 11.8. The van der Waals surface area contributed by atoms with Crippen LogP contribution in [0.25, 0.3) is 0 Å². The van der Waals surface area contributed by atoms with Gasteiger partial charge in [0.1, 0.15) is 5.69 Å². The minimum Gasteiger partial charge on any atom is -0.410 e. The van der Waals surface area contributed by atoms with Crippen LogP contribution in [0, 0.1) is 5.82 Å². The van der Waals surface area contributed by atoms with E-state index < -0.39 is 11.0 Å². The lowest BCUT2D eigenvalue weighted by molar-refractivity contribution is 0.320. The van der Waals surface area contributed by atoms with E-state index >= 15 is 0 Å². The topological polar surface area (TPSA) is 45.5 Å². The molecule has 0 aliphatic carbocycles. The van der Waals surface area contributed by atoms with Crippen LogP contribution >= 0.6 is 23.2 Å². The Labute approximate surface area is 77.4 Å². The largest absolute Gasteiger partial charge is 0.410 e. The molecule has 1 heterocycles. The molecule has 1 N–H and O–H groups in total. The maximum Gasteiger partial charge on any atom is 0.196 e. The average molecular weight is 209 g/mol. The molecule has 3 nitrogen and oxygen atoms in total. The Balaban J connectivity index is 3.18. The predicted octanol–water partition coefficient (Wildman–Crippen LogP) is 2.25. The second-order valence-electron chi connectivity index (χ2n) is 1.87. The van der Waals surface area contributed by atoms with E-state index in [9.17, 15) is 4.39 Å². The van der Waals surface area contributed by atoms with Gasteiger partial charge in [0.2, 0.25) is 0 Å². The van der Waals surface area contributed by atoms with Gasteiger partial charge in [-0.2, -0.15) is 0 Å². The van der Waals surface area contributed by atoms with Gasteiger partial charge in [0.15, 0.2) is 11.0 Å². The lowest BCUT2D eigenvalue weighted by atomic mass is 10.3. The van der Waals surface area contributed by atoms with E-state index in [0.29, 0.717) is 0 Å². The summed E-state index contributed by atoms with van der Waals surface area (Å²) >= 11 is 10.7. The molecule has 12 heavy (non-hydrogen) atoms. The molecular weight excluding hydrogens is 206 g/mol. The van der Waals surface area contributed by atoms with Gasteiger partial charge in [-0.3, -0.25) is 0 Å². The third-order valence-corrected chi connectivity index (χ3v) is 1.55. The molecule has 0 aliphatic heterocycles. The fraction of sp³-hybridized carbons (Fsp3) is 0. The quantitative estimate of drug-likeness (QED) is 0.438. The van der Waals surface area contributed by atoms with Crippen LogP contribution in [-0.2, 0) is 0 Å². The van der Waals surface area contributed by atoms with Crippen molar-refractivity contribution >= 4 is 28.4 Å². The molecule has 1 aromatic heterocycles. The van der Waals surface area contributed by atoms with Gasteiger partial charge in [-0.1, -0.05) is 28.4 Å². The van der Waals surface area contributed by atoms with Crippen molar-refractivity contribution < 1.29 is 9.60 Å². The fourth-order valence-corrected chi connectivity index (χ4v) is 0.897. The summed E-state index contributed by atoms with van der Waals surface area (Å²) in [5, 5.41) is 10.5. The fourth-order valence-electron chi connectivity index (χ4n) is 0.614. The van der Waals surface area contributed by atoms with Crippen LogP contribution in [0.15, 0.2) is 17.4 Å². The van der Waals surface area contributed by atoms with E-state index in [2.05, 4.69) is 10.1 Å². The number of nitrogens with zero attached hydrogens (tertiary/aromatic N) is 2. The number of oxime groups is 1. The van der Waals surface area contributed by atoms with E-state index in [1.165, 1.54) is 6.20 Å². The Morgan fingerprint density at radius 3 is 2.83 bits per heavy atom. The third-order valence-electron chi connectivity index (χ3n) is 1.09. The van der Waals surface area contributed by atoms with E-state index in [1.54, 1.807) is 0 Å². The smallest absolute Gasteiger partial charge is 0.196 e. The van der Waals surface area contributed by atoms with Crippen molar-refractivity contribution in [3.05, 3.63) is 28.8 Å². The van der Waals surface area contributed by atoms with E-state index in [0.717, 1.165) is 6.07 Å². The van der Waals surface area contributed by atoms with Gasteiger partial charge < -0.3 is 5.21 Å². The van der Waals surface area contributed by atoms with Crippen molar-refractivity contribution in [3.63, 3.8) is 0 Å². The first-order valence-corrected chi connectivity index (χ1v) is 3.59. The molecule has 0 spiro atoms. The molecule has 0 amide bonds. The van der Waals surface area contributed by atoms with Crippen molar-refractivity contribution in [2.75, 3.05) is 0 Å². The monoisotopic (exact) mass is 208 g/mol. The Hall–Kier alpha value is -0.870. The number of rotatable bonds is 1. The molecule has 0 aliphatic rings. The zero-order chi connectivity index (χ0) is 9.14. The van der Waals surface area contributed by atoms with Gasteiger partial charge in [-0.15, -0.1) is 0 Å². The first kappa shape index (κ1) is 9.22. The van der Waals surface area contributed by atoms with Crippen molar-refractivity contribution in [2.45, 2.75) is 0 Å². The molecular formula is C6H3Cl2FN2O. The zero-order valence-electron chi connectivity index (χ0n) is 5.63. The van der Waals surface area contributed by atoms with Gasteiger partial charge in [-0.25, -0.2) is 9.37 Å². The number of pyridine rings is 1. The molecule has 0 bridgehead atoms. The van der Waals surface area contributed by atoms with Crippen LogP contribution in [0.3, 0.4) is 0 Å². The average Bonchev–Trinajstić information content (AvgIpc) is 2.03. The van der Waals surface area contributed by atoms with Crippen LogP contribution in [0.2, 0.25) is 5.02 Å². The highest BCUT2D eigenvalue weighted by atomic mass is 35.5. The molecule has 0 fully saturated rings. The Morgan fingerprint density at radius 2 is 2.33 bits per heavy atom. The molecule has 0 saturated heterocycles. The molecule has 0 atom stereocenters. The van der Waals surface area contributed by atoms with Crippen LogP contribution in [0.5, 0.6) is 0 Å². The molecule has 0 radical (unpaired) electrons. The summed E-state index contributed by atoms with van der Waals surface area (Å²) in [6.45, 7) is 0.